The van der Waals surface area contributed by atoms with E-state index in [2.05, 4.69) is 62.1 Å². The van der Waals surface area contributed by atoms with Crippen molar-refractivity contribution in [1.82, 2.24) is 4.90 Å². The summed E-state index contributed by atoms with van der Waals surface area (Å²) in [5, 5.41) is 0. The highest BCUT2D eigenvalue weighted by Crippen LogP contribution is 2.05. The first-order valence-corrected chi connectivity index (χ1v) is 11.0. The van der Waals surface area contributed by atoms with Gasteiger partial charge in [0, 0.05) is 0 Å². The Kier molecular flexibility index (Phi) is 20.5. The molecule has 0 rings (SSSR count). The number of hydrogen-bond acceptors (Lipinski definition) is 1. The van der Waals surface area contributed by atoms with E-state index in [-0.39, 0.29) is 0 Å². The summed E-state index contributed by atoms with van der Waals surface area (Å²) in [5.41, 5.74) is 0. The lowest BCUT2D eigenvalue weighted by Gasteiger charge is -2.21. The normalized spacial score (nSPS) is 12.5. The molecule has 0 radical (unpaired) electrons. The van der Waals surface area contributed by atoms with Gasteiger partial charge in [0.1, 0.15) is 0 Å². The lowest BCUT2D eigenvalue weighted by atomic mass is 10.2. The van der Waals surface area contributed by atoms with Crippen LogP contribution in [0.25, 0.3) is 0 Å². The van der Waals surface area contributed by atoms with E-state index < -0.39 is 0 Å². The smallest absolute Gasteiger partial charge is 0.00158 e. The largest absolute Gasteiger partial charge is 0.303 e. The van der Waals surface area contributed by atoms with Crippen LogP contribution in [0.4, 0.5) is 0 Å². The highest BCUT2D eigenvalue weighted by molar-refractivity contribution is 4.83. The van der Waals surface area contributed by atoms with Crippen molar-refractivity contribution in [2.45, 2.75) is 97.8 Å². The van der Waals surface area contributed by atoms with Crippen LogP contribution in [0.1, 0.15) is 97.8 Å². The highest BCUT2D eigenvalue weighted by atomic mass is 15.1. The molecule has 0 amide bonds. The third-order valence-corrected chi connectivity index (χ3v) is 4.40. The molecular weight excluding hydrogens is 302 g/mol. The molecular formula is C24H45N. The van der Waals surface area contributed by atoms with Gasteiger partial charge < -0.3 is 4.90 Å². The van der Waals surface area contributed by atoms with Crippen molar-refractivity contribution in [1.29, 1.82) is 0 Å². The zero-order valence-electron chi connectivity index (χ0n) is 17.5. The fourth-order valence-electron chi connectivity index (χ4n) is 2.84. The first kappa shape index (κ1) is 24.2. The summed E-state index contributed by atoms with van der Waals surface area (Å²) in [6.45, 7) is 10.5. The van der Waals surface area contributed by atoms with Crippen LogP contribution in [-0.2, 0) is 0 Å². The van der Waals surface area contributed by atoms with Gasteiger partial charge in [-0.15, -0.1) is 0 Å². The summed E-state index contributed by atoms with van der Waals surface area (Å²) in [4.78, 5) is 2.69. The number of nitrogens with zero attached hydrogens (tertiary/aromatic N) is 1. The molecule has 0 aromatic carbocycles. The fraction of sp³-hybridized carbons (Fsp3) is 0.750. The minimum absolute atomic E-state index is 1.23. The van der Waals surface area contributed by atoms with E-state index in [0.29, 0.717) is 0 Å². The van der Waals surface area contributed by atoms with Gasteiger partial charge in [-0.3, -0.25) is 0 Å². The summed E-state index contributed by atoms with van der Waals surface area (Å²) in [5.74, 6) is 0. The van der Waals surface area contributed by atoms with E-state index >= 15 is 0 Å². The van der Waals surface area contributed by atoms with E-state index in [1.807, 2.05) is 0 Å². The number of rotatable bonds is 18. The summed E-state index contributed by atoms with van der Waals surface area (Å²) >= 11 is 0. The van der Waals surface area contributed by atoms with E-state index in [1.54, 1.807) is 0 Å². The monoisotopic (exact) mass is 347 g/mol. The second kappa shape index (κ2) is 21.2. The first-order chi connectivity index (χ1) is 12.3. The maximum atomic E-state index is 2.69. The quantitative estimate of drug-likeness (QED) is 0.181. The van der Waals surface area contributed by atoms with Gasteiger partial charge in [0.05, 0.1) is 0 Å². The molecule has 0 aromatic rings. The second-order valence-electron chi connectivity index (χ2n) is 7.05. The Hall–Kier alpha value is -0.820. The number of hydrogen-bond donors (Lipinski definition) is 0. The predicted octanol–water partition coefficient (Wildman–Crippen LogP) is 7.70. The molecule has 0 saturated heterocycles. The average molecular weight is 348 g/mol. The van der Waals surface area contributed by atoms with Gasteiger partial charge in [-0.1, -0.05) is 76.5 Å². The molecule has 25 heavy (non-hydrogen) atoms. The van der Waals surface area contributed by atoms with Gasteiger partial charge in [0.25, 0.3) is 0 Å². The van der Waals surface area contributed by atoms with Crippen molar-refractivity contribution in [2.24, 2.45) is 0 Å². The fourth-order valence-corrected chi connectivity index (χ4v) is 2.84. The summed E-state index contributed by atoms with van der Waals surface area (Å²) in [6.07, 6.45) is 29.3. The third-order valence-electron chi connectivity index (χ3n) is 4.40. The Bertz CT molecular complexity index is 275. The number of unbranched alkanes of at least 4 members (excludes halogenated alkanes) is 6. The Labute approximate surface area is 159 Å². The second-order valence-corrected chi connectivity index (χ2v) is 7.05. The van der Waals surface area contributed by atoms with E-state index in [0.717, 1.165) is 0 Å². The minimum atomic E-state index is 1.23. The van der Waals surface area contributed by atoms with Crippen molar-refractivity contribution in [2.75, 3.05) is 19.6 Å². The van der Waals surface area contributed by atoms with Crippen LogP contribution >= 0.6 is 0 Å². The van der Waals surface area contributed by atoms with Gasteiger partial charge in [0.2, 0.25) is 0 Å². The molecule has 0 N–H and O–H groups in total. The van der Waals surface area contributed by atoms with Gasteiger partial charge in [-0.25, -0.2) is 0 Å². The highest BCUT2D eigenvalue weighted by Gasteiger charge is 2.03. The Balaban J connectivity index is 3.99. The molecule has 1 heteroatoms. The van der Waals surface area contributed by atoms with Crippen LogP contribution < -0.4 is 0 Å². The molecule has 0 aliphatic carbocycles. The molecule has 1 nitrogen and oxygen atoms in total. The minimum Gasteiger partial charge on any atom is -0.303 e. The maximum Gasteiger partial charge on any atom is -0.00158 e. The predicted molar refractivity (Wildman–Crippen MR) is 116 cm³/mol. The Morgan fingerprint density at radius 3 is 1.00 bits per heavy atom. The van der Waals surface area contributed by atoms with Crippen molar-refractivity contribution in [3.8, 4) is 0 Å². The van der Waals surface area contributed by atoms with E-state index in [9.17, 15) is 0 Å². The number of allylic oxidation sites excluding steroid dienone is 6. The molecule has 0 unspecified atom stereocenters. The van der Waals surface area contributed by atoms with Gasteiger partial charge >= 0.3 is 0 Å². The Morgan fingerprint density at radius 1 is 0.440 bits per heavy atom. The van der Waals surface area contributed by atoms with Gasteiger partial charge in [-0.05, 0) is 77.4 Å². The van der Waals surface area contributed by atoms with Crippen LogP contribution in [0.3, 0.4) is 0 Å². The molecule has 0 spiro atoms. The molecule has 0 aromatic heterocycles. The zero-order chi connectivity index (χ0) is 18.4. The van der Waals surface area contributed by atoms with Crippen LogP contribution in [-0.4, -0.2) is 24.5 Å². The molecule has 0 heterocycles. The third kappa shape index (κ3) is 19.4. The summed E-state index contributed by atoms with van der Waals surface area (Å²) < 4.78 is 0. The SMILES string of the molecule is CCC/C=C/CCCN(CCC/C=C/CCC)CCC/C=C/CCC. The van der Waals surface area contributed by atoms with Crippen LogP contribution in [0.2, 0.25) is 0 Å². The standard InChI is InChI=1S/C24H45N/c1-4-7-10-13-16-19-22-25(23-20-17-14-11-8-5-2)24-21-18-15-12-9-6-3/h10-15H,4-9,16-24H2,1-3H3/b13-10+,14-11+,15-12+. The molecule has 0 atom stereocenters. The average Bonchev–Trinajstić information content (AvgIpc) is 2.63. The van der Waals surface area contributed by atoms with Crippen LogP contribution in [0, 0.1) is 0 Å². The van der Waals surface area contributed by atoms with Crippen LogP contribution in [0.15, 0.2) is 36.5 Å². The molecule has 0 saturated carbocycles. The molecule has 146 valence electrons. The van der Waals surface area contributed by atoms with Crippen molar-refractivity contribution in [3.63, 3.8) is 0 Å². The molecule has 0 fully saturated rings. The Morgan fingerprint density at radius 2 is 0.720 bits per heavy atom. The molecule has 0 aliphatic rings. The molecule has 0 aliphatic heterocycles. The van der Waals surface area contributed by atoms with Gasteiger partial charge in [0.15, 0.2) is 0 Å². The lowest BCUT2D eigenvalue weighted by molar-refractivity contribution is 0.266. The zero-order valence-corrected chi connectivity index (χ0v) is 17.5. The lowest BCUT2D eigenvalue weighted by Crippen LogP contribution is -2.27. The van der Waals surface area contributed by atoms with E-state index in [1.165, 1.54) is 96.7 Å². The van der Waals surface area contributed by atoms with Crippen molar-refractivity contribution >= 4 is 0 Å². The topological polar surface area (TPSA) is 3.24 Å². The van der Waals surface area contributed by atoms with Crippen molar-refractivity contribution in [3.05, 3.63) is 36.5 Å². The first-order valence-electron chi connectivity index (χ1n) is 11.0. The summed E-state index contributed by atoms with van der Waals surface area (Å²) in [7, 11) is 0. The van der Waals surface area contributed by atoms with E-state index in [4.69, 9.17) is 0 Å². The van der Waals surface area contributed by atoms with Crippen molar-refractivity contribution < 1.29 is 0 Å². The molecule has 0 bridgehead atoms. The summed E-state index contributed by atoms with van der Waals surface area (Å²) in [6, 6.07) is 0. The van der Waals surface area contributed by atoms with Crippen LogP contribution in [0.5, 0.6) is 0 Å². The maximum absolute atomic E-state index is 2.69. The van der Waals surface area contributed by atoms with Gasteiger partial charge in [-0.2, -0.15) is 0 Å².